The van der Waals surface area contributed by atoms with Crippen molar-refractivity contribution in [1.29, 1.82) is 0 Å². The number of amides is 1. The van der Waals surface area contributed by atoms with E-state index in [2.05, 4.69) is 50.2 Å². The number of carbonyl (C=O) groups excluding carboxylic acids is 1. The number of nitrogens with two attached hydrogens (primary N) is 1. The Bertz CT molecular complexity index is 835. The summed E-state index contributed by atoms with van der Waals surface area (Å²) in [5, 5.41) is 0. The van der Waals surface area contributed by atoms with Crippen molar-refractivity contribution in [3.05, 3.63) is 59.7 Å². The number of fused-ring (bicyclic) bond motifs is 3. The average Bonchev–Trinajstić information content (AvgIpc) is 2.84. The SMILES string of the molecule is CCOC1CC(N)(C(=O)N2Cc3ccccc3-c3ccccc3C2)C1(C)C.Cl. The van der Waals surface area contributed by atoms with Crippen molar-refractivity contribution in [2.75, 3.05) is 6.61 Å². The van der Waals surface area contributed by atoms with Gasteiger partial charge in [-0.05, 0) is 29.2 Å². The molecule has 0 radical (unpaired) electrons. The van der Waals surface area contributed by atoms with Gasteiger partial charge in [-0.3, -0.25) is 4.79 Å². The lowest BCUT2D eigenvalue weighted by atomic mass is 9.54. The van der Waals surface area contributed by atoms with Crippen molar-refractivity contribution in [2.45, 2.75) is 51.9 Å². The third-order valence-corrected chi connectivity index (χ3v) is 6.55. The second-order valence-corrected chi connectivity index (χ2v) is 8.32. The normalized spacial score (nSPS) is 24.9. The van der Waals surface area contributed by atoms with Gasteiger partial charge in [0.1, 0.15) is 5.54 Å². The van der Waals surface area contributed by atoms with Gasteiger partial charge in [0.15, 0.2) is 0 Å². The summed E-state index contributed by atoms with van der Waals surface area (Å²) in [5.74, 6) is 0.0231. The first kappa shape index (κ1) is 20.8. The second kappa shape index (κ2) is 7.51. The number of ether oxygens (including phenoxy) is 1. The molecular weight excluding hydrogens is 372 g/mol. The molecule has 2 N–H and O–H groups in total. The zero-order valence-electron chi connectivity index (χ0n) is 16.8. The van der Waals surface area contributed by atoms with Crippen molar-refractivity contribution < 1.29 is 9.53 Å². The Hall–Kier alpha value is -1.88. The van der Waals surface area contributed by atoms with Crippen molar-refractivity contribution in [2.24, 2.45) is 11.1 Å². The van der Waals surface area contributed by atoms with Crippen LogP contribution in [0.15, 0.2) is 48.5 Å². The number of hydrogen-bond donors (Lipinski definition) is 1. The molecule has 5 heteroatoms. The van der Waals surface area contributed by atoms with Gasteiger partial charge >= 0.3 is 0 Å². The molecule has 1 aliphatic heterocycles. The Morgan fingerprint density at radius 2 is 1.57 bits per heavy atom. The molecule has 2 unspecified atom stereocenters. The predicted molar refractivity (Wildman–Crippen MR) is 114 cm³/mol. The molecule has 0 spiro atoms. The third kappa shape index (κ3) is 3.04. The molecule has 0 saturated heterocycles. The first-order valence-electron chi connectivity index (χ1n) is 9.74. The van der Waals surface area contributed by atoms with E-state index < -0.39 is 5.54 Å². The Morgan fingerprint density at radius 1 is 1.07 bits per heavy atom. The quantitative estimate of drug-likeness (QED) is 0.841. The number of rotatable bonds is 3. The smallest absolute Gasteiger partial charge is 0.244 e. The minimum absolute atomic E-state index is 0. The Labute approximate surface area is 173 Å². The molecule has 1 saturated carbocycles. The van der Waals surface area contributed by atoms with Gasteiger partial charge in [0, 0.05) is 31.5 Å². The number of hydrogen-bond acceptors (Lipinski definition) is 3. The fraction of sp³-hybridized carbons (Fsp3) is 0.435. The highest BCUT2D eigenvalue weighted by molar-refractivity contribution is 5.89. The molecule has 1 heterocycles. The molecule has 2 aromatic rings. The Balaban J connectivity index is 0.00000225. The maximum absolute atomic E-state index is 13.6. The molecule has 4 nitrogen and oxygen atoms in total. The van der Waals surface area contributed by atoms with Gasteiger partial charge in [-0.15, -0.1) is 12.4 Å². The van der Waals surface area contributed by atoms with Crippen LogP contribution in [0.4, 0.5) is 0 Å². The Morgan fingerprint density at radius 3 is 2.04 bits per heavy atom. The van der Waals surface area contributed by atoms with Gasteiger partial charge in [0.2, 0.25) is 5.91 Å². The minimum atomic E-state index is -0.888. The zero-order valence-corrected chi connectivity index (χ0v) is 17.6. The molecule has 1 amide bonds. The molecule has 2 aromatic carbocycles. The predicted octanol–water partition coefficient (Wildman–Crippen LogP) is 4.15. The molecule has 4 rings (SSSR count). The molecular formula is C23H29ClN2O2. The molecule has 2 atom stereocenters. The van der Waals surface area contributed by atoms with Gasteiger partial charge in [-0.25, -0.2) is 0 Å². The van der Waals surface area contributed by atoms with E-state index in [1.165, 1.54) is 11.1 Å². The molecule has 0 bridgehead atoms. The van der Waals surface area contributed by atoms with E-state index in [1.54, 1.807) is 0 Å². The summed E-state index contributed by atoms with van der Waals surface area (Å²) in [5.41, 5.74) is 10.2. The number of benzene rings is 2. The van der Waals surface area contributed by atoms with Crippen LogP contribution in [0.2, 0.25) is 0 Å². The van der Waals surface area contributed by atoms with Gasteiger partial charge in [-0.2, -0.15) is 0 Å². The lowest BCUT2D eigenvalue weighted by Gasteiger charge is -2.58. The highest BCUT2D eigenvalue weighted by Crippen LogP contribution is 2.51. The highest BCUT2D eigenvalue weighted by Gasteiger charge is 2.63. The van der Waals surface area contributed by atoms with Crippen molar-refractivity contribution in [3.63, 3.8) is 0 Å². The summed E-state index contributed by atoms with van der Waals surface area (Å²) < 4.78 is 5.81. The first-order chi connectivity index (χ1) is 12.9. The number of nitrogens with zero attached hydrogens (tertiary/aromatic N) is 1. The maximum Gasteiger partial charge on any atom is 0.244 e. The number of carbonyl (C=O) groups is 1. The summed E-state index contributed by atoms with van der Waals surface area (Å²) in [4.78, 5) is 15.5. The van der Waals surface area contributed by atoms with Gasteiger partial charge < -0.3 is 15.4 Å². The van der Waals surface area contributed by atoms with E-state index in [-0.39, 0.29) is 29.8 Å². The van der Waals surface area contributed by atoms with Gasteiger partial charge in [0.05, 0.1) is 6.10 Å². The lowest BCUT2D eigenvalue weighted by Crippen LogP contribution is -2.75. The molecule has 1 aliphatic carbocycles. The largest absolute Gasteiger partial charge is 0.378 e. The van der Waals surface area contributed by atoms with Crippen molar-refractivity contribution in [3.8, 4) is 11.1 Å². The van der Waals surface area contributed by atoms with Crippen LogP contribution >= 0.6 is 12.4 Å². The fourth-order valence-corrected chi connectivity index (χ4v) is 4.53. The first-order valence-corrected chi connectivity index (χ1v) is 9.74. The summed E-state index contributed by atoms with van der Waals surface area (Å²) in [7, 11) is 0. The molecule has 0 aromatic heterocycles. The van der Waals surface area contributed by atoms with E-state index in [9.17, 15) is 4.79 Å². The monoisotopic (exact) mass is 400 g/mol. The standard InChI is InChI=1S/C23H28N2O2.ClH/c1-4-27-20-13-23(24,22(20,2)3)21(26)25-14-16-9-5-7-11-18(16)19-12-8-6-10-17(19)15-25;/h5-12,20H,4,13-15,24H2,1-3H3;1H. The maximum atomic E-state index is 13.6. The fourth-order valence-electron chi connectivity index (χ4n) is 4.53. The van der Waals surface area contributed by atoms with Crippen LogP contribution in [0.5, 0.6) is 0 Å². The van der Waals surface area contributed by atoms with E-state index in [1.807, 2.05) is 24.0 Å². The van der Waals surface area contributed by atoms with Crippen LogP contribution in [0, 0.1) is 5.41 Å². The van der Waals surface area contributed by atoms with Gasteiger partial charge in [0.25, 0.3) is 0 Å². The van der Waals surface area contributed by atoms with Crippen LogP contribution in [-0.4, -0.2) is 29.1 Å². The topological polar surface area (TPSA) is 55.6 Å². The van der Waals surface area contributed by atoms with Crippen LogP contribution in [0.25, 0.3) is 11.1 Å². The average molecular weight is 401 g/mol. The van der Waals surface area contributed by atoms with Crippen LogP contribution in [-0.2, 0) is 22.6 Å². The van der Waals surface area contributed by atoms with E-state index >= 15 is 0 Å². The summed E-state index contributed by atoms with van der Waals surface area (Å²) in [6.07, 6.45) is 0.606. The van der Waals surface area contributed by atoms with Crippen molar-refractivity contribution in [1.82, 2.24) is 4.90 Å². The van der Waals surface area contributed by atoms with E-state index in [0.717, 1.165) is 11.1 Å². The van der Waals surface area contributed by atoms with E-state index in [0.29, 0.717) is 26.1 Å². The minimum Gasteiger partial charge on any atom is -0.378 e. The molecule has 28 heavy (non-hydrogen) atoms. The summed E-state index contributed by atoms with van der Waals surface area (Å²) >= 11 is 0. The van der Waals surface area contributed by atoms with Crippen molar-refractivity contribution >= 4 is 18.3 Å². The lowest BCUT2D eigenvalue weighted by molar-refractivity contribution is -0.180. The van der Waals surface area contributed by atoms with Crippen LogP contribution in [0.1, 0.15) is 38.3 Å². The number of halogens is 1. The summed E-state index contributed by atoms with van der Waals surface area (Å²) in [6, 6.07) is 16.7. The molecule has 150 valence electrons. The van der Waals surface area contributed by atoms with Crippen LogP contribution < -0.4 is 5.73 Å². The van der Waals surface area contributed by atoms with Gasteiger partial charge in [-0.1, -0.05) is 62.4 Å². The Kier molecular flexibility index (Phi) is 5.59. The highest BCUT2D eigenvalue weighted by atomic mass is 35.5. The van der Waals surface area contributed by atoms with E-state index in [4.69, 9.17) is 10.5 Å². The molecule has 1 fully saturated rings. The zero-order chi connectivity index (χ0) is 19.2. The molecule has 2 aliphatic rings. The second-order valence-electron chi connectivity index (χ2n) is 8.32. The third-order valence-electron chi connectivity index (χ3n) is 6.55. The summed E-state index contributed by atoms with van der Waals surface area (Å²) in [6.45, 7) is 7.89. The van der Waals surface area contributed by atoms with Crippen LogP contribution in [0.3, 0.4) is 0 Å².